The van der Waals surface area contributed by atoms with Gasteiger partial charge >= 0.3 is 5.97 Å². The molecule has 0 aliphatic heterocycles. The highest BCUT2D eigenvalue weighted by atomic mass is 32.2. The Morgan fingerprint density at radius 3 is 2.43 bits per heavy atom. The van der Waals surface area contributed by atoms with Crippen LogP contribution in [0.3, 0.4) is 0 Å². The van der Waals surface area contributed by atoms with E-state index in [1.807, 2.05) is 54.6 Å². The highest BCUT2D eigenvalue weighted by Gasteiger charge is 2.12. The molecule has 0 unspecified atom stereocenters. The number of hydrogen-bond acceptors (Lipinski definition) is 4. The molecule has 0 bridgehead atoms. The molecule has 0 saturated carbocycles. The van der Waals surface area contributed by atoms with Gasteiger partial charge in [-0.3, -0.25) is 4.79 Å². The number of carbonyl (C=O) groups is 1. The van der Waals surface area contributed by atoms with Gasteiger partial charge in [0.1, 0.15) is 12.4 Å². The SMILES string of the molecule is COC(=O)CCSC(=CCCc1ccc(OCc2ccccc2)cc1)C(F)F. The molecule has 28 heavy (non-hydrogen) atoms. The Hall–Kier alpha value is -2.34. The molecule has 0 radical (unpaired) electrons. The third-order valence-electron chi connectivity index (χ3n) is 3.97. The lowest BCUT2D eigenvalue weighted by Crippen LogP contribution is -2.02. The molecule has 6 heteroatoms. The molecule has 0 spiro atoms. The van der Waals surface area contributed by atoms with Gasteiger partial charge in [-0.25, -0.2) is 8.78 Å². The molecule has 0 N–H and O–H groups in total. The van der Waals surface area contributed by atoms with Crippen molar-refractivity contribution in [3.05, 3.63) is 76.7 Å². The Labute approximate surface area is 168 Å². The second-order valence-electron chi connectivity index (χ2n) is 6.04. The Morgan fingerprint density at radius 1 is 1.07 bits per heavy atom. The van der Waals surface area contributed by atoms with Crippen LogP contribution in [0.2, 0.25) is 0 Å². The molecule has 0 aliphatic carbocycles. The molecule has 0 amide bonds. The lowest BCUT2D eigenvalue weighted by molar-refractivity contribution is -0.140. The molecular formula is C22H24F2O3S. The molecule has 2 aromatic rings. The first-order chi connectivity index (χ1) is 13.6. The van der Waals surface area contributed by atoms with E-state index >= 15 is 0 Å². The van der Waals surface area contributed by atoms with Crippen LogP contribution in [0, 0.1) is 0 Å². The monoisotopic (exact) mass is 406 g/mol. The molecule has 150 valence electrons. The van der Waals surface area contributed by atoms with E-state index in [0.29, 0.717) is 19.4 Å². The zero-order valence-electron chi connectivity index (χ0n) is 15.8. The molecule has 2 aromatic carbocycles. The first-order valence-corrected chi connectivity index (χ1v) is 10.0. The molecule has 0 fully saturated rings. The van der Waals surface area contributed by atoms with Gasteiger partial charge < -0.3 is 9.47 Å². The maximum absolute atomic E-state index is 13.1. The summed E-state index contributed by atoms with van der Waals surface area (Å²) in [5, 5.41) is 0. The first kappa shape index (κ1) is 22.0. The predicted octanol–water partition coefficient (Wildman–Crippen LogP) is 5.64. The van der Waals surface area contributed by atoms with Gasteiger partial charge in [0.15, 0.2) is 0 Å². The molecule has 0 aliphatic rings. The number of aryl methyl sites for hydroxylation is 1. The van der Waals surface area contributed by atoms with Gasteiger partial charge in [0, 0.05) is 10.7 Å². The van der Waals surface area contributed by atoms with Crippen LogP contribution in [0.1, 0.15) is 24.0 Å². The van der Waals surface area contributed by atoms with Crippen molar-refractivity contribution >= 4 is 17.7 Å². The third-order valence-corrected chi connectivity index (χ3v) is 5.05. The maximum Gasteiger partial charge on any atom is 0.306 e. The van der Waals surface area contributed by atoms with Crippen LogP contribution in [-0.4, -0.2) is 25.3 Å². The average Bonchev–Trinajstić information content (AvgIpc) is 2.72. The fourth-order valence-corrected chi connectivity index (χ4v) is 3.31. The smallest absolute Gasteiger partial charge is 0.306 e. The fraction of sp³-hybridized carbons (Fsp3) is 0.318. The summed E-state index contributed by atoms with van der Waals surface area (Å²) in [4.78, 5) is 11.1. The van der Waals surface area contributed by atoms with E-state index in [1.165, 1.54) is 7.11 Å². The Morgan fingerprint density at radius 2 is 1.79 bits per heavy atom. The number of esters is 1. The zero-order valence-corrected chi connectivity index (χ0v) is 16.6. The summed E-state index contributed by atoms with van der Waals surface area (Å²) < 4.78 is 36.4. The summed E-state index contributed by atoms with van der Waals surface area (Å²) >= 11 is 1.01. The van der Waals surface area contributed by atoms with Gasteiger partial charge in [-0.1, -0.05) is 48.5 Å². The van der Waals surface area contributed by atoms with E-state index in [2.05, 4.69) is 4.74 Å². The zero-order chi connectivity index (χ0) is 20.2. The topological polar surface area (TPSA) is 35.5 Å². The number of benzene rings is 2. The van der Waals surface area contributed by atoms with Gasteiger partial charge in [-0.15, -0.1) is 11.8 Å². The molecule has 0 saturated heterocycles. The molecule has 0 heterocycles. The fourth-order valence-electron chi connectivity index (χ4n) is 2.44. The number of thioether (sulfide) groups is 1. The number of methoxy groups -OCH3 is 1. The minimum Gasteiger partial charge on any atom is -0.489 e. The second kappa shape index (κ2) is 12.2. The van der Waals surface area contributed by atoms with Gasteiger partial charge in [-0.2, -0.15) is 0 Å². The van der Waals surface area contributed by atoms with Crippen molar-refractivity contribution in [2.75, 3.05) is 12.9 Å². The van der Waals surface area contributed by atoms with Crippen molar-refractivity contribution in [3.8, 4) is 5.75 Å². The number of allylic oxidation sites excluding steroid dienone is 2. The van der Waals surface area contributed by atoms with Crippen LogP contribution in [0.4, 0.5) is 8.78 Å². The molecule has 2 rings (SSSR count). The largest absolute Gasteiger partial charge is 0.489 e. The summed E-state index contributed by atoms with van der Waals surface area (Å²) in [7, 11) is 1.29. The van der Waals surface area contributed by atoms with E-state index in [0.717, 1.165) is 28.6 Å². The Bertz CT molecular complexity index is 746. The summed E-state index contributed by atoms with van der Waals surface area (Å²) in [6.45, 7) is 0.503. The third kappa shape index (κ3) is 8.13. The number of ether oxygens (including phenoxy) is 2. The van der Waals surface area contributed by atoms with Crippen LogP contribution in [-0.2, 0) is 22.6 Å². The number of halogens is 2. The van der Waals surface area contributed by atoms with Crippen molar-refractivity contribution in [2.45, 2.75) is 32.3 Å². The highest BCUT2D eigenvalue weighted by Crippen LogP contribution is 2.25. The lowest BCUT2D eigenvalue weighted by atomic mass is 10.1. The van der Waals surface area contributed by atoms with Gasteiger partial charge in [-0.05, 0) is 36.1 Å². The van der Waals surface area contributed by atoms with Crippen LogP contribution < -0.4 is 4.74 Å². The van der Waals surface area contributed by atoms with Crippen molar-refractivity contribution < 1.29 is 23.0 Å². The number of rotatable bonds is 11. The highest BCUT2D eigenvalue weighted by molar-refractivity contribution is 8.03. The van der Waals surface area contributed by atoms with Crippen molar-refractivity contribution in [2.24, 2.45) is 0 Å². The van der Waals surface area contributed by atoms with Gasteiger partial charge in [0.25, 0.3) is 6.43 Å². The Kier molecular flexibility index (Phi) is 9.55. The molecule has 0 aromatic heterocycles. The van der Waals surface area contributed by atoms with Crippen molar-refractivity contribution in [3.63, 3.8) is 0 Å². The quantitative estimate of drug-likeness (QED) is 0.452. The van der Waals surface area contributed by atoms with Gasteiger partial charge in [0.2, 0.25) is 0 Å². The van der Waals surface area contributed by atoms with Crippen LogP contribution in [0.15, 0.2) is 65.6 Å². The normalized spacial score (nSPS) is 11.5. The number of alkyl halides is 2. The average molecular weight is 406 g/mol. The van der Waals surface area contributed by atoms with E-state index < -0.39 is 12.4 Å². The summed E-state index contributed by atoms with van der Waals surface area (Å²) in [6, 6.07) is 17.6. The first-order valence-electron chi connectivity index (χ1n) is 9.02. The minimum atomic E-state index is -2.53. The minimum absolute atomic E-state index is 0.00622. The predicted molar refractivity (Wildman–Crippen MR) is 109 cm³/mol. The Balaban J connectivity index is 1.78. The van der Waals surface area contributed by atoms with E-state index in [9.17, 15) is 13.6 Å². The summed E-state index contributed by atoms with van der Waals surface area (Å²) in [6.07, 6.45) is 0.306. The molecule has 3 nitrogen and oxygen atoms in total. The lowest BCUT2D eigenvalue weighted by Gasteiger charge is -2.08. The van der Waals surface area contributed by atoms with E-state index in [-0.39, 0.29) is 17.1 Å². The van der Waals surface area contributed by atoms with Crippen LogP contribution in [0.5, 0.6) is 5.75 Å². The van der Waals surface area contributed by atoms with Crippen LogP contribution in [0.25, 0.3) is 0 Å². The van der Waals surface area contributed by atoms with E-state index in [4.69, 9.17) is 4.74 Å². The maximum atomic E-state index is 13.1. The molecular weight excluding hydrogens is 382 g/mol. The number of hydrogen-bond donors (Lipinski definition) is 0. The van der Waals surface area contributed by atoms with Crippen molar-refractivity contribution in [1.29, 1.82) is 0 Å². The van der Waals surface area contributed by atoms with Crippen molar-refractivity contribution in [1.82, 2.24) is 0 Å². The number of carbonyl (C=O) groups excluding carboxylic acids is 1. The van der Waals surface area contributed by atoms with Crippen LogP contribution >= 0.6 is 11.8 Å². The van der Waals surface area contributed by atoms with Gasteiger partial charge in [0.05, 0.1) is 13.5 Å². The van der Waals surface area contributed by atoms with E-state index in [1.54, 1.807) is 6.08 Å². The second-order valence-corrected chi connectivity index (χ2v) is 7.21. The molecule has 0 atom stereocenters. The summed E-state index contributed by atoms with van der Waals surface area (Å²) in [5.74, 6) is 0.668. The standard InChI is InChI=1S/C22H24F2O3S/c1-26-21(25)14-15-28-20(22(23)24)9-5-8-17-10-12-19(13-11-17)27-16-18-6-3-2-4-7-18/h2-4,6-7,9-13,22H,5,8,14-16H2,1H3. The summed E-state index contributed by atoms with van der Waals surface area (Å²) in [5.41, 5.74) is 2.15.